The molecule has 0 saturated carbocycles. The molecule has 0 fully saturated rings. The van der Waals surface area contributed by atoms with Gasteiger partial charge in [0, 0.05) is 6.54 Å². The first kappa shape index (κ1) is 11.4. The third-order valence-electron chi connectivity index (χ3n) is 2.64. The lowest BCUT2D eigenvalue weighted by Crippen LogP contribution is -2.38. The molecule has 0 unspecified atom stereocenters. The molecule has 0 atom stereocenters. The van der Waals surface area contributed by atoms with E-state index in [1.807, 2.05) is 6.92 Å². The Balaban J connectivity index is 2.41. The number of hydrogen-bond acceptors (Lipinski definition) is 4. The van der Waals surface area contributed by atoms with Gasteiger partial charge < -0.3 is 14.4 Å². The standard InChI is InChI=1S/C12H13NO4/c1-3-13-9-5-4-8(12(15)16-2)6-10(9)17-7-11(13)14/h4-6H,3,7H2,1-2H3. The molecule has 0 bridgehead atoms. The van der Waals surface area contributed by atoms with Gasteiger partial charge in [-0.25, -0.2) is 4.79 Å². The number of anilines is 1. The van der Waals surface area contributed by atoms with Crippen LogP contribution < -0.4 is 9.64 Å². The summed E-state index contributed by atoms with van der Waals surface area (Å²) in [6, 6.07) is 4.91. The summed E-state index contributed by atoms with van der Waals surface area (Å²) in [6.07, 6.45) is 0. The van der Waals surface area contributed by atoms with Gasteiger partial charge in [0.2, 0.25) is 0 Å². The van der Waals surface area contributed by atoms with Crippen molar-refractivity contribution in [3.05, 3.63) is 23.8 Å². The number of ether oxygens (including phenoxy) is 2. The molecule has 90 valence electrons. The first-order chi connectivity index (χ1) is 8.17. The number of benzene rings is 1. The third-order valence-corrected chi connectivity index (χ3v) is 2.64. The fourth-order valence-electron chi connectivity index (χ4n) is 1.80. The van der Waals surface area contributed by atoms with Crippen molar-refractivity contribution in [3.63, 3.8) is 0 Å². The lowest BCUT2D eigenvalue weighted by atomic mass is 10.1. The number of amides is 1. The number of nitrogens with zero attached hydrogens (tertiary/aromatic N) is 1. The largest absolute Gasteiger partial charge is 0.482 e. The van der Waals surface area contributed by atoms with Crippen molar-refractivity contribution in [1.29, 1.82) is 0 Å². The lowest BCUT2D eigenvalue weighted by molar-refractivity contribution is -0.121. The SMILES string of the molecule is CCN1C(=O)COc2cc(C(=O)OC)ccc21. The second kappa shape index (κ2) is 4.45. The first-order valence-electron chi connectivity index (χ1n) is 5.33. The van der Waals surface area contributed by atoms with Gasteiger partial charge in [0.1, 0.15) is 5.75 Å². The lowest BCUT2D eigenvalue weighted by Gasteiger charge is -2.28. The average molecular weight is 235 g/mol. The normalized spacial score (nSPS) is 14.0. The Hall–Kier alpha value is -2.04. The number of rotatable bonds is 2. The molecule has 1 amide bonds. The maximum absolute atomic E-state index is 11.6. The molecule has 1 heterocycles. The Labute approximate surface area is 98.9 Å². The van der Waals surface area contributed by atoms with Gasteiger partial charge in [0.25, 0.3) is 5.91 Å². The smallest absolute Gasteiger partial charge is 0.337 e. The zero-order valence-corrected chi connectivity index (χ0v) is 9.73. The molecule has 0 radical (unpaired) electrons. The molecule has 0 spiro atoms. The van der Waals surface area contributed by atoms with E-state index < -0.39 is 5.97 Å². The van der Waals surface area contributed by atoms with Gasteiger partial charge in [-0.05, 0) is 25.1 Å². The van der Waals surface area contributed by atoms with Crippen LogP contribution in [-0.2, 0) is 9.53 Å². The molecule has 17 heavy (non-hydrogen) atoms. The van der Waals surface area contributed by atoms with Gasteiger partial charge in [-0.15, -0.1) is 0 Å². The van der Waals surface area contributed by atoms with Crippen LogP contribution in [-0.4, -0.2) is 32.1 Å². The summed E-state index contributed by atoms with van der Waals surface area (Å²) in [5, 5.41) is 0. The van der Waals surface area contributed by atoms with Crippen LogP contribution in [0.25, 0.3) is 0 Å². The molecule has 0 N–H and O–H groups in total. The number of methoxy groups -OCH3 is 1. The van der Waals surface area contributed by atoms with Crippen LogP contribution in [0.1, 0.15) is 17.3 Å². The van der Waals surface area contributed by atoms with E-state index in [0.29, 0.717) is 23.5 Å². The summed E-state index contributed by atoms with van der Waals surface area (Å²) in [5.74, 6) is 0.0384. The second-order valence-corrected chi connectivity index (χ2v) is 3.60. The summed E-state index contributed by atoms with van der Waals surface area (Å²) in [6.45, 7) is 2.47. The van der Waals surface area contributed by atoms with Crippen LogP contribution in [0.5, 0.6) is 5.75 Å². The van der Waals surface area contributed by atoms with Crippen molar-refractivity contribution < 1.29 is 19.1 Å². The Kier molecular flexibility index (Phi) is 2.99. The number of hydrogen-bond donors (Lipinski definition) is 0. The molecule has 1 aromatic rings. The summed E-state index contributed by atoms with van der Waals surface area (Å²) in [5.41, 5.74) is 1.10. The van der Waals surface area contributed by atoms with E-state index in [4.69, 9.17) is 4.74 Å². The highest BCUT2D eigenvalue weighted by molar-refractivity contribution is 5.99. The van der Waals surface area contributed by atoms with Crippen molar-refractivity contribution in [1.82, 2.24) is 0 Å². The topological polar surface area (TPSA) is 55.8 Å². The molecular weight excluding hydrogens is 222 g/mol. The van der Waals surface area contributed by atoms with Gasteiger partial charge in [0.05, 0.1) is 18.4 Å². The van der Waals surface area contributed by atoms with Crippen LogP contribution in [0.3, 0.4) is 0 Å². The van der Waals surface area contributed by atoms with Crippen LogP contribution >= 0.6 is 0 Å². The maximum Gasteiger partial charge on any atom is 0.337 e. The molecular formula is C12H13NO4. The molecule has 1 aliphatic rings. The Morgan fingerprint density at radius 3 is 2.94 bits per heavy atom. The summed E-state index contributed by atoms with van der Waals surface area (Å²) < 4.78 is 9.93. The predicted octanol–water partition coefficient (Wildman–Crippen LogP) is 1.22. The molecule has 1 aliphatic heterocycles. The van der Waals surface area contributed by atoms with E-state index in [1.165, 1.54) is 7.11 Å². The zero-order chi connectivity index (χ0) is 12.4. The minimum Gasteiger partial charge on any atom is -0.482 e. The van der Waals surface area contributed by atoms with E-state index in [1.54, 1.807) is 23.1 Å². The van der Waals surface area contributed by atoms with Gasteiger partial charge in [-0.3, -0.25) is 4.79 Å². The van der Waals surface area contributed by atoms with Crippen LogP contribution in [0, 0.1) is 0 Å². The minimum atomic E-state index is -0.420. The van der Waals surface area contributed by atoms with Gasteiger partial charge in [0.15, 0.2) is 6.61 Å². The molecule has 0 aliphatic carbocycles. The van der Waals surface area contributed by atoms with Gasteiger partial charge >= 0.3 is 5.97 Å². The van der Waals surface area contributed by atoms with Crippen LogP contribution in [0.15, 0.2) is 18.2 Å². The Morgan fingerprint density at radius 1 is 1.53 bits per heavy atom. The van der Waals surface area contributed by atoms with E-state index in [0.717, 1.165) is 0 Å². The summed E-state index contributed by atoms with van der Waals surface area (Å²) in [7, 11) is 1.32. The average Bonchev–Trinajstić information content (AvgIpc) is 2.37. The van der Waals surface area contributed by atoms with E-state index in [2.05, 4.69) is 4.74 Å². The Morgan fingerprint density at radius 2 is 2.29 bits per heavy atom. The number of carbonyl (C=O) groups excluding carboxylic acids is 2. The van der Waals surface area contributed by atoms with Crippen molar-refractivity contribution in [2.75, 3.05) is 25.2 Å². The van der Waals surface area contributed by atoms with Crippen molar-refractivity contribution in [2.24, 2.45) is 0 Å². The maximum atomic E-state index is 11.6. The fraction of sp³-hybridized carbons (Fsp3) is 0.333. The number of esters is 1. The second-order valence-electron chi connectivity index (χ2n) is 3.60. The summed E-state index contributed by atoms with van der Waals surface area (Å²) >= 11 is 0. The molecule has 0 saturated heterocycles. The third kappa shape index (κ3) is 1.95. The fourth-order valence-corrected chi connectivity index (χ4v) is 1.80. The van der Waals surface area contributed by atoms with E-state index in [9.17, 15) is 9.59 Å². The Bertz CT molecular complexity index is 470. The van der Waals surface area contributed by atoms with Gasteiger partial charge in [-0.1, -0.05) is 0 Å². The molecule has 5 heteroatoms. The molecule has 5 nitrogen and oxygen atoms in total. The molecule has 1 aromatic carbocycles. The number of likely N-dealkylation sites (N-methyl/N-ethyl adjacent to an activating group) is 1. The predicted molar refractivity (Wildman–Crippen MR) is 61.3 cm³/mol. The number of carbonyl (C=O) groups is 2. The zero-order valence-electron chi connectivity index (χ0n) is 9.73. The molecule has 0 aromatic heterocycles. The monoisotopic (exact) mass is 235 g/mol. The minimum absolute atomic E-state index is 0.00542. The quantitative estimate of drug-likeness (QED) is 0.723. The van der Waals surface area contributed by atoms with E-state index in [-0.39, 0.29) is 12.5 Å². The highest BCUT2D eigenvalue weighted by atomic mass is 16.5. The van der Waals surface area contributed by atoms with Crippen molar-refractivity contribution in [3.8, 4) is 5.75 Å². The number of fused-ring (bicyclic) bond motifs is 1. The van der Waals surface area contributed by atoms with Gasteiger partial charge in [-0.2, -0.15) is 0 Å². The van der Waals surface area contributed by atoms with E-state index >= 15 is 0 Å². The van der Waals surface area contributed by atoms with Crippen molar-refractivity contribution in [2.45, 2.75) is 6.92 Å². The highest BCUT2D eigenvalue weighted by Crippen LogP contribution is 2.32. The molecule has 2 rings (SSSR count). The van der Waals surface area contributed by atoms with Crippen molar-refractivity contribution >= 4 is 17.6 Å². The summed E-state index contributed by atoms with van der Waals surface area (Å²) in [4.78, 5) is 24.6. The first-order valence-corrected chi connectivity index (χ1v) is 5.33. The van der Waals surface area contributed by atoms with Crippen LogP contribution in [0.4, 0.5) is 5.69 Å². The highest BCUT2D eigenvalue weighted by Gasteiger charge is 2.25. The van der Waals surface area contributed by atoms with Crippen LogP contribution in [0.2, 0.25) is 0 Å².